The summed E-state index contributed by atoms with van der Waals surface area (Å²) in [5.74, 6) is 0.586. The van der Waals surface area contributed by atoms with Gasteiger partial charge >= 0.3 is 0 Å². The van der Waals surface area contributed by atoms with E-state index in [1.54, 1.807) is 37.3 Å². The molecule has 1 heterocycles. The van der Waals surface area contributed by atoms with Crippen LogP contribution >= 0.6 is 0 Å². The molecular weight excluding hydrogens is 400 g/mol. The molecule has 1 aliphatic rings. The highest BCUT2D eigenvalue weighted by molar-refractivity contribution is 7.93. The summed E-state index contributed by atoms with van der Waals surface area (Å²) in [5, 5.41) is 0. The molecule has 1 N–H and O–H groups in total. The van der Waals surface area contributed by atoms with Gasteiger partial charge in [-0.3, -0.25) is 9.03 Å². The van der Waals surface area contributed by atoms with Crippen molar-refractivity contribution in [3.63, 3.8) is 0 Å². The van der Waals surface area contributed by atoms with E-state index in [9.17, 15) is 16.8 Å². The molecule has 7 nitrogen and oxygen atoms in total. The summed E-state index contributed by atoms with van der Waals surface area (Å²) < 4.78 is 59.5. The summed E-state index contributed by atoms with van der Waals surface area (Å²) in [4.78, 5) is 0.165. The molecule has 0 unspecified atom stereocenters. The first kappa shape index (κ1) is 20.5. The maximum absolute atomic E-state index is 13.2. The Labute approximate surface area is 166 Å². The number of methoxy groups -OCH3 is 1. The Kier molecular flexibility index (Phi) is 5.85. The molecule has 0 fully saturated rings. The smallest absolute Gasteiger partial charge is 0.264 e. The van der Waals surface area contributed by atoms with Crippen molar-refractivity contribution >= 4 is 31.4 Å². The van der Waals surface area contributed by atoms with Gasteiger partial charge in [0, 0.05) is 6.54 Å². The minimum absolute atomic E-state index is 0.0119. The molecule has 2 aromatic carbocycles. The minimum Gasteiger partial charge on any atom is -0.497 e. The van der Waals surface area contributed by atoms with Crippen LogP contribution in [0.3, 0.4) is 0 Å². The van der Waals surface area contributed by atoms with Crippen LogP contribution in [-0.2, 0) is 26.5 Å². The van der Waals surface area contributed by atoms with Gasteiger partial charge in [0.2, 0.25) is 10.0 Å². The third kappa shape index (κ3) is 4.25. The third-order valence-corrected chi connectivity index (χ3v) is 7.87. The summed E-state index contributed by atoms with van der Waals surface area (Å²) in [5.41, 5.74) is 1.75. The molecule has 0 saturated heterocycles. The molecule has 152 valence electrons. The van der Waals surface area contributed by atoms with Crippen LogP contribution in [0.25, 0.3) is 0 Å². The van der Waals surface area contributed by atoms with Gasteiger partial charge in [-0.15, -0.1) is 0 Å². The number of fused-ring (bicyclic) bond motifs is 1. The topological polar surface area (TPSA) is 92.8 Å². The molecule has 0 aromatic heterocycles. The van der Waals surface area contributed by atoms with Gasteiger partial charge in [-0.1, -0.05) is 13.0 Å². The lowest BCUT2D eigenvalue weighted by Crippen LogP contribution is -2.35. The molecule has 2 aromatic rings. The van der Waals surface area contributed by atoms with Gasteiger partial charge in [-0.25, -0.2) is 16.8 Å². The fourth-order valence-electron chi connectivity index (χ4n) is 3.23. The van der Waals surface area contributed by atoms with Crippen LogP contribution in [0.5, 0.6) is 5.75 Å². The fourth-order valence-corrected chi connectivity index (χ4v) is 5.89. The standard InChI is InChI=1S/C19H24N2O5S2/c1-3-13-27(22,23)20-16-7-6-15-5-4-12-21(19(15)14-16)28(24,25)18-10-8-17(26-2)9-11-18/h6-11,14,20H,3-5,12-13H2,1-2H3. The van der Waals surface area contributed by atoms with Crippen molar-refractivity contribution in [1.82, 2.24) is 0 Å². The number of ether oxygens (including phenoxy) is 1. The number of sulfonamides is 2. The number of rotatable bonds is 7. The zero-order valence-corrected chi connectivity index (χ0v) is 17.5. The second-order valence-corrected chi connectivity index (χ2v) is 10.3. The SMILES string of the molecule is CCCS(=O)(=O)Nc1ccc2c(c1)N(S(=O)(=O)c1ccc(OC)cc1)CCC2. The Morgan fingerprint density at radius 2 is 1.79 bits per heavy atom. The largest absolute Gasteiger partial charge is 0.497 e. The Balaban J connectivity index is 1.98. The van der Waals surface area contributed by atoms with Crippen molar-refractivity contribution in [2.75, 3.05) is 28.4 Å². The van der Waals surface area contributed by atoms with Crippen molar-refractivity contribution in [3.8, 4) is 5.75 Å². The van der Waals surface area contributed by atoms with Gasteiger partial charge < -0.3 is 4.74 Å². The summed E-state index contributed by atoms with van der Waals surface area (Å²) in [6, 6.07) is 11.3. The van der Waals surface area contributed by atoms with E-state index in [1.807, 2.05) is 0 Å². The number of benzene rings is 2. The normalized spacial score (nSPS) is 14.4. The predicted molar refractivity (Wildman–Crippen MR) is 110 cm³/mol. The quantitative estimate of drug-likeness (QED) is 0.738. The lowest BCUT2D eigenvalue weighted by Gasteiger charge is -2.31. The molecule has 0 spiro atoms. The Morgan fingerprint density at radius 3 is 2.43 bits per heavy atom. The van der Waals surface area contributed by atoms with Gasteiger partial charge in [-0.05, 0) is 61.2 Å². The average molecular weight is 425 g/mol. The fraction of sp³-hybridized carbons (Fsp3) is 0.368. The first-order valence-electron chi connectivity index (χ1n) is 9.07. The van der Waals surface area contributed by atoms with Gasteiger partial charge in [0.15, 0.2) is 0 Å². The van der Waals surface area contributed by atoms with Crippen LogP contribution < -0.4 is 13.8 Å². The highest BCUT2D eigenvalue weighted by atomic mass is 32.2. The zero-order chi connectivity index (χ0) is 20.4. The molecule has 9 heteroatoms. The Bertz CT molecular complexity index is 1050. The number of nitrogens with zero attached hydrogens (tertiary/aromatic N) is 1. The first-order valence-corrected chi connectivity index (χ1v) is 12.2. The second-order valence-electron chi connectivity index (χ2n) is 6.62. The molecule has 0 bridgehead atoms. The highest BCUT2D eigenvalue weighted by Gasteiger charge is 2.29. The van der Waals surface area contributed by atoms with Gasteiger partial charge in [0.05, 0.1) is 29.1 Å². The highest BCUT2D eigenvalue weighted by Crippen LogP contribution is 2.34. The summed E-state index contributed by atoms with van der Waals surface area (Å²) in [7, 11) is -5.71. The Hall–Kier alpha value is -2.26. The number of aryl methyl sites for hydroxylation is 1. The maximum atomic E-state index is 13.2. The molecule has 3 rings (SSSR count). The molecule has 28 heavy (non-hydrogen) atoms. The van der Waals surface area contributed by atoms with E-state index < -0.39 is 20.0 Å². The molecule has 0 atom stereocenters. The van der Waals surface area contributed by atoms with E-state index in [1.165, 1.54) is 23.5 Å². The first-order chi connectivity index (χ1) is 13.3. The van der Waals surface area contributed by atoms with Gasteiger partial charge in [0.1, 0.15) is 5.75 Å². The monoisotopic (exact) mass is 424 g/mol. The Morgan fingerprint density at radius 1 is 1.07 bits per heavy atom. The van der Waals surface area contributed by atoms with Gasteiger partial charge in [-0.2, -0.15) is 0 Å². The number of anilines is 2. The molecular formula is C19H24N2O5S2. The van der Waals surface area contributed by atoms with Crippen molar-refractivity contribution in [2.24, 2.45) is 0 Å². The number of nitrogens with one attached hydrogen (secondary N) is 1. The molecule has 1 aliphatic heterocycles. The van der Waals surface area contributed by atoms with Crippen LogP contribution in [0, 0.1) is 0 Å². The van der Waals surface area contributed by atoms with Crippen molar-refractivity contribution < 1.29 is 21.6 Å². The van der Waals surface area contributed by atoms with E-state index in [0.717, 1.165) is 12.0 Å². The average Bonchev–Trinajstić information content (AvgIpc) is 2.67. The number of hydrogen-bond donors (Lipinski definition) is 1. The van der Waals surface area contributed by atoms with Crippen LogP contribution in [0.15, 0.2) is 47.4 Å². The number of hydrogen-bond acceptors (Lipinski definition) is 5. The summed E-state index contributed by atoms with van der Waals surface area (Å²) in [6.07, 6.45) is 1.94. The van der Waals surface area contributed by atoms with E-state index in [-0.39, 0.29) is 10.6 Å². The molecule has 0 radical (unpaired) electrons. The van der Waals surface area contributed by atoms with Crippen LogP contribution in [0.4, 0.5) is 11.4 Å². The predicted octanol–water partition coefficient (Wildman–Crippen LogP) is 2.99. The van der Waals surface area contributed by atoms with Crippen molar-refractivity contribution in [1.29, 1.82) is 0 Å². The van der Waals surface area contributed by atoms with E-state index in [4.69, 9.17) is 4.74 Å². The molecule has 0 aliphatic carbocycles. The third-order valence-electron chi connectivity index (χ3n) is 4.55. The second kappa shape index (κ2) is 8.00. The zero-order valence-electron chi connectivity index (χ0n) is 15.9. The lowest BCUT2D eigenvalue weighted by molar-refractivity contribution is 0.414. The van der Waals surface area contributed by atoms with Crippen molar-refractivity contribution in [3.05, 3.63) is 48.0 Å². The molecule has 0 amide bonds. The van der Waals surface area contributed by atoms with Crippen LogP contribution in [0.2, 0.25) is 0 Å². The van der Waals surface area contributed by atoms with E-state index >= 15 is 0 Å². The van der Waals surface area contributed by atoms with E-state index in [0.29, 0.717) is 36.5 Å². The summed E-state index contributed by atoms with van der Waals surface area (Å²) >= 11 is 0. The molecule has 0 saturated carbocycles. The van der Waals surface area contributed by atoms with Crippen molar-refractivity contribution in [2.45, 2.75) is 31.1 Å². The lowest BCUT2D eigenvalue weighted by atomic mass is 10.0. The van der Waals surface area contributed by atoms with Crippen LogP contribution in [0.1, 0.15) is 25.3 Å². The summed E-state index contributed by atoms with van der Waals surface area (Å²) in [6.45, 7) is 2.13. The maximum Gasteiger partial charge on any atom is 0.264 e. The van der Waals surface area contributed by atoms with Crippen LogP contribution in [-0.4, -0.2) is 36.2 Å². The minimum atomic E-state index is -3.77. The van der Waals surface area contributed by atoms with Gasteiger partial charge in [0.25, 0.3) is 10.0 Å². The van der Waals surface area contributed by atoms with E-state index in [2.05, 4.69) is 4.72 Å².